The van der Waals surface area contributed by atoms with E-state index in [1.165, 1.54) is 0 Å². The number of aryl methyl sites for hydroxylation is 1. The summed E-state index contributed by atoms with van der Waals surface area (Å²) in [5.41, 5.74) is 0. The first-order valence-electron chi connectivity index (χ1n) is 3.19. The van der Waals surface area contributed by atoms with Crippen molar-refractivity contribution in [2.45, 2.75) is 6.54 Å². The Labute approximate surface area is 65.7 Å². The van der Waals surface area contributed by atoms with Gasteiger partial charge < -0.3 is 4.57 Å². The predicted octanol–water partition coefficient (Wildman–Crippen LogP) is -0.223. The van der Waals surface area contributed by atoms with Gasteiger partial charge in [0.05, 0.1) is 5.75 Å². The quantitative estimate of drug-likeness (QED) is 0.688. The highest BCUT2D eigenvalue weighted by Gasteiger charge is 2.00. The molecule has 0 fully saturated rings. The fourth-order valence-electron chi connectivity index (χ4n) is 0.752. The highest BCUT2D eigenvalue weighted by atomic mass is 32.2. The lowest BCUT2D eigenvalue weighted by atomic mass is 10.7. The molecule has 0 aliphatic heterocycles. The number of hydrogen-bond donors (Lipinski definition) is 1. The third-order valence-electron chi connectivity index (χ3n) is 1.30. The fourth-order valence-corrected chi connectivity index (χ4v) is 1.22. The molecular weight excluding hydrogens is 164 g/mol. The maximum atomic E-state index is 10.5. The lowest BCUT2D eigenvalue weighted by Crippen LogP contribution is -2.19. The first-order chi connectivity index (χ1) is 5.08. The second kappa shape index (κ2) is 3.06. The van der Waals surface area contributed by atoms with E-state index in [1.807, 2.05) is 12.1 Å². The van der Waals surface area contributed by atoms with Crippen molar-refractivity contribution in [1.29, 1.82) is 0 Å². The summed E-state index contributed by atoms with van der Waals surface area (Å²) in [6, 6.07) is 3.67. The number of nitrogens with zero attached hydrogens (tertiary/aromatic N) is 1. The van der Waals surface area contributed by atoms with Gasteiger partial charge in [-0.05, 0) is 12.1 Å². The minimum absolute atomic E-state index is 0.0122. The molecule has 0 bridgehead atoms. The molecule has 0 aromatic carbocycles. The van der Waals surface area contributed by atoms with Crippen LogP contribution in [0.25, 0.3) is 0 Å². The van der Waals surface area contributed by atoms with Crippen LogP contribution >= 0.6 is 0 Å². The molecule has 0 atom stereocenters. The standard InChI is InChI=1S/C6H10N2O2S/c7-11(9,10)6-5-8-3-1-2-4-8/h1-4H,5-6H2,(H2,7,9,10). The highest BCUT2D eigenvalue weighted by molar-refractivity contribution is 7.89. The Balaban J connectivity index is 2.48. The Kier molecular flexibility index (Phi) is 2.31. The summed E-state index contributed by atoms with van der Waals surface area (Å²) >= 11 is 0. The molecule has 1 aromatic rings. The molecular formula is C6H10N2O2S. The number of nitrogens with two attached hydrogens (primary N) is 1. The van der Waals surface area contributed by atoms with E-state index in [-0.39, 0.29) is 5.75 Å². The molecule has 0 aliphatic rings. The van der Waals surface area contributed by atoms with Gasteiger partial charge >= 0.3 is 0 Å². The second-order valence-corrected chi connectivity index (χ2v) is 4.02. The van der Waals surface area contributed by atoms with E-state index in [0.29, 0.717) is 6.54 Å². The van der Waals surface area contributed by atoms with E-state index < -0.39 is 10.0 Å². The Bertz CT molecular complexity index is 301. The topological polar surface area (TPSA) is 65.1 Å². The number of aromatic nitrogens is 1. The molecule has 0 spiro atoms. The van der Waals surface area contributed by atoms with Crippen molar-refractivity contribution in [3.8, 4) is 0 Å². The Morgan fingerprint density at radius 1 is 1.27 bits per heavy atom. The van der Waals surface area contributed by atoms with Gasteiger partial charge in [0.25, 0.3) is 0 Å². The van der Waals surface area contributed by atoms with Crippen LogP contribution in [0, 0.1) is 0 Å². The number of rotatable bonds is 3. The number of primary sulfonamides is 1. The van der Waals surface area contributed by atoms with E-state index >= 15 is 0 Å². The molecule has 0 unspecified atom stereocenters. The highest BCUT2D eigenvalue weighted by Crippen LogP contribution is 1.90. The van der Waals surface area contributed by atoms with Crippen molar-refractivity contribution >= 4 is 10.0 Å². The minimum Gasteiger partial charge on any atom is -0.353 e. The van der Waals surface area contributed by atoms with Gasteiger partial charge in [-0.3, -0.25) is 0 Å². The Hall–Kier alpha value is -0.810. The zero-order valence-corrected chi connectivity index (χ0v) is 6.79. The fraction of sp³-hybridized carbons (Fsp3) is 0.333. The lowest BCUT2D eigenvalue weighted by Gasteiger charge is -1.99. The summed E-state index contributed by atoms with van der Waals surface area (Å²) in [6.45, 7) is 0.422. The van der Waals surface area contributed by atoms with Gasteiger partial charge in [-0.25, -0.2) is 13.6 Å². The summed E-state index contributed by atoms with van der Waals surface area (Å²) in [5, 5.41) is 4.81. The third kappa shape index (κ3) is 3.20. The molecule has 0 saturated heterocycles. The van der Waals surface area contributed by atoms with Gasteiger partial charge in [0, 0.05) is 18.9 Å². The van der Waals surface area contributed by atoms with Crippen LogP contribution in [0.15, 0.2) is 24.5 Å². The molecule has 11 heavy (non-hydrogen) atoms. The summed E-state index contributed by atoms with van der Waals surface area (Å²) in [5.74, 6) is -0.0122. The summed E-state index contributed by atoms with van der Waals surface area (Å²) < 4.78 is 22.8. The van der Waals surface area contributed by atoms with Crippen molar-refractivity contribution in [3.05, 3.63) is 24.5 Å². The largest absolute Gasteiger partial charge is 0.353 e. The molecule has 1 aromatic heterocycles. The average Bonchev–Trinajstić information content (AvgIpc) is 2.32. The van der Waals surface area contributed by atoms with Crippen LogP contribution in [0.2, 0.25) is 0 Å². The molecule has 0 saturated carbocycles. The van der Waals surface area contributed by atoms with Crippen LogP contribution in [-0.2, 0) is 16.6 Å². The SMILES string of the molecule is NS(=O)(=O)CCn1cccc1. The smallest absolute Gasteiger partial charge is 0.210 e. The molecule has 1 rings (SSSR count). The first kappa shape index (κ1) is 8.29. The van der Waals surface area contributed by atoms with Crippen LogP contribution in [-0.4, -0.2) is 18.7 Å². The molecule has 0 amide bonds. The molecule has 1 heterocycles. The van der Waals surface area contributed by atoms with Gasteiger partial charge in [-0.2, -0.15) is 0 Å². The molecule has 5 heteroatoms. The second-order valence-electron chi connectivity index (χ2n) is 2.29. The van der Waals surface area contributed by atoms with Crippen molar-refractivity contribution in [3.63, 3.8) is 0 Å². The van der Waals surface area contributed by atoms with E-state index in [2.05, 4.69) is 0 Å². The van der Waals surface area contributed by atoms with Gasteiger partial charge in [0.1, 0.15) is 0 Å². The minimum atomic E-state index is -3.32. The van der Waals surface area contributed by atoms with Crippen LogP contribution in [0.4, 0.5) is 0 Å². The van der Waals surface area contributed by atoms with E-state index in [0.717, 1.165) is 0 Å². The summed E-state index contributed by atoms with van der Waals surface area (Å²) in [7, 11) is -3.32. The van der Waals surface area contributed by atoms with Gasteiger partial charge in [0.15, 0.2) is 0 Å². The zero-order chi connectivity index (χ0) is 8.32. The van der Waals surface area contributed by atoms with Crippen LogP contribution in [0.1, 0.15) is 0 Å². The van der Waals surface area contributed by atoms with Crippen LogP contribution in [0.3, 0.4) is 0 Å². The van der Waals surface area contributed by atoms with E-state index in [9.17, 15) is 8.42 Å². The normalized spacial score (nSPS) is 11.7. The number of hydrogen-bond acceptors (Lipinski definition) is 2. The van der Waals surface area contributed by atoms with Crippen LogP contribution in [0.5, 0.6) is 0 Å². The zero-order valence-electron chi connectivity index (χ0n) is 5.97. The molecule has 0 aliphatic carbocycles. The summed E-state index contributed by atoms with van der Waals surface area (Å²) in [4.78, 5) is 0. The van der Waals surface area contributed by atoms with Crippen molar-refractivity contribution in [2.75, 3.05) is 5.75 Å². The molecule has 0 radical (unpaired) electrons. The predicted molar refractivity (Wildman–Crippen MR) is 42.4 cm³/mol. The summed E-state index contributed by atoms with van der Waals surface area (Å²) in [6.07, 6.45) is 3.59. The van der Waals surface area contributed by atoms with Crippen molar-refractivity contribution < 1.29 is 8.42 Å². The monoisotopic (exact) mass is 174 g/mol. The van der Waals surface area contributed by atoms with Crippen LogP contribution < -0.4 is 5.14 Å². The Morgan fingerprint density at radius 3 is 2.27 bits per heavy atom. The maximum absolute atomic E-state index is 10.5. The van der Waals surface area contributed by atoms with Gasteiger partial charge in [0.2, 0.25) is 10.0 Å². The van der Waals surface area contributed by atoms with E-state index in [1.54, 1.807) is 17.0 Å². The molecule has 4 nitrogen and oxygen atoms in total. The number of sulfonamides is 1. The Morgan fingerprint density at radius 2 is 1.82 bits per heavy atom. The van der Waals surface area contributed by atoms with Crippen molar-refractivity contribution in [2.24, 2.45) is 5.14 Å². The van der Waals surface area contributed by atoms with E-state index in [4.69, 9.17) is 5.14 Å². The lowest BCUT2D eigenvalue weighted by molar-refractivity contribution is 0.590. The first-order valence-corrected chi connectivity index (χ1v) is 4.91. The average molecular weight is 174 g/mol. The van der Waals surface area contributed by atoms with Gasteiger partial charge in [-0.1, -0.05) is 0 Å². The third-order valence-corrected chi connectivity index (χ3v) is 2.05. The maximum Gasteiger partial charge on any atom is 0.210 e. The molecule has 2 N–H and O–H groups in total. The van der Waals surface area contributed by atoms with Crippen molar-refractivity contribution in [1.82, 2.24) is 4.57 Å². The van der Waals surface area contributed by atoms with Gasteiger partial charge in [-0.15, -0.1) is 0 Å². The molecule has 62 valence electrons.